The van der Waals surface area contributed by atoms with Gasteiger partial charge in [-0.2, -0.15) is 0 Å². The van der Waals surface area contributed by atoms with Gasteiger partial charge in [0.2, 0.25) is 0 Å². The van der Waals surface area contributed by atoms with Crippen molar-refractivity contribution in [3.8, 4) is 11.5 Å². The molecule has 0 spiro atoms. The third-order valence-corrected chi connectivity index (χ3v) is 5.80. The highest BCUT2D eigenvalue weighted by Crippen LogP contribution is 2.49. The second-order valence-corrected chi connectivity index (χ2v) is 10.5. The van der Waals surface area contributed by atoms with Gasteiger partial charge in [-0.25, -0.2) is 0 Å². The molecule has 0 saturated carbocycles. The highest BCUT2D eigenvalue weighted by atomic mass is 16.5. The fraction of sp³-hybridized carbons (Fsp3) is 0.423. The van der Waals surface area contributed by atoms with Crippen molar-refractivity contribution in [3.05, 3.63) is 52.2 Å². The lowest BCUT2D eigenvalue weighted by Crippen LogP contribution is -2.18. The summed E-state index contributed by atoms with van der Waals surface area (Å²) in [5, 5.41) is 4.81. The molecule has 0 amide bonds. The van der Waals surface area contributed by atoms with Crippen LogP contribution in [0.15, 0.2) is 24.3 Å². The summed E-state index contributed by atoms with van der Waals surface area (Å²) < 4.78 is 6.69. The summed E-state index contributed by atoms with van der Waals surface area (Å²) in [5.41, 5.74) is 9.01. The second kappa shape index (κ2) is 6.22. The maximum atomic E-state index is 6.69. The standard InChI is InChI=1S/C26H32N2O/c1-14-10-15(2)23-21-20(11-16(3)27-22(14)21)29-24-18(26(7,8)9)12-17(25(4,5)6)13-19(24)28-23/h10-13,28H,1-9H3. The minimum absolute atomic E-state index is 0.0459. The first-order valence-corrected chi connectivity index (χ1v) is 10.4. The molecule has 4 rings (SSSR count). The van der Waals surface area contributed by atoms with Gasteiger partial charge in [0.15, 0.2) is 5.75 Å². The molecule has 0 saturated heterocycles. The minimum atomic E-state index is -0.0459. The van der Waals surface area contributed by atoms with Gasteiger partial charge < -0.3 is 10.1 Å². The Balaban J connectivity index is 2.10. The fourth-order valence-corrected chi connectivity index (χ4v) is 4.14. The number of fused-ring (bicyclic) bond motifs is 1. The molecule has 3 nitrogen and oxygen atoms in total. The van der Waals surface area contributed by atoms with Gasteiger partial charge >= 0.3 is 0 Å². The Morgan fingerprint density at radius 3 is 2.14 bits per heavy atom. The molecule has 3 aromatic rings. The summed E-state index contributed by atoms with van der Waals surface area (Å²) >= 11 is 0. The first-order valence-electron chi connectivity index (χ1n) is 10.4. The molecule has 0 bridgehead atoms. The quantitative estimate of drug-likeness (QED) is 0.337. The van der Waals surface area contributed by atoms with Gasteiger partial charge in [-0.1, -0.05) is 53.7 Å². The third kappa shape index (κ3) is 3.27. The molecule has 1 aliphatic rings. The minimum Gasteiger partial charge on any atom is -0.454 e. The summed E-state index contributed by atoms with van der Waals surface area (Å²) in [7, 11) is 0. The molecule has 1 aliphatic heterocycles. The highest BCUT2D eigenvalue weighted by molar-refractivity contribution is 6.03. The zero-order chi connectivity index (χ0) is 21.3. The topological polar surface area (TPSA) is 34.2 Å². The Hall–Kier alpha value is -2.55. The summed E-state index contributed by atoms with van der Waals surface area (Å²) in [5.74, 6) is 1.81. The van der Waals surface area contributed by atoms with Crippen molar-refractivity contribution >= 4 is 22.3 Å². The number of aromatic nitrogens is 1. The summed E-state index contributed by atoms with van der Waals surface area (Å²) in [6.07, 6.45) is 0. The number of hydrogen-bond donors (Lipinski definition) is 1. The van der Waals surface area contributed by atoms with Crippen molar-refractivity contribution in [3.63, 3.8) is 0 Å². The number of aryl methyl sites for hydroxylation is 3. The van der Waals surface area contributed by atoms with Crippen molar-refractivity contribution in [2.45, 2.75) is 73.1 Å². The van der Waals surface area contributed by atoms with E-state index >= 15 is 0 Å². The third-order valence-electron chi connectivity index (χ3n) is 5.80. The fourth-order valence-electron chi connectivity index (χ4n) is 4.14. The van der Waals surface area contributed by atoms with Crippen LogP contribution >= 0.6 is 0 Å². The predicted octanol–water partition coefficient (Wildman–Crippen LogP) is 7.60. The second-order valence-electron chi connectivity index (χ2n) is 10.5. The molecule has 2 aromatic carbocycles. The van der Waals surface area contributed by atoms with E-state index < -0.39 is 0 Å². The van der Waals surface area contributed by atoms with Gasteiger partial charge in [0, 0.05) is 17.3 Å². The molecule has 0 radical (unpaired) electrons. The average Bonchev–Trinajstić information content (AvgIpc) is 2.73. The Morgan fingerprint density at radius 2 is 1.52 bits per heavy atom. The van der Waals surface area contributed by atoms with Crippen LogP contribution in [0.25, 0.3) is 10.9 Å². The molecule has 0 fully saturated rings. The first kappa shape index (κ1) is 19.8. The number of hydrogen-bond acceptors (Lipinski definition) is 3. The summed E-state index contributed by atoms with van der Waals surface area (Å²) in [4.78, 5) is 4.83. The zero-order valence-corrected chi connectivity index (χ0v) is 19.2. The maximum Gasteiger partial charge on any atom is 0.154 e. The van der Waals surface area contributed by atoms with Crippen LogP contribution in [0, 0.1) is 20.8 Å². The van der Waals surface area contributed by atoms with E-state index in [1.807, 2.05) is 6.92 Å². The van der Waals surface area contributed by atoms with Crippen molar-refractivity contribution in [1.29, 1.82) is 0 Å². The van der Waals surface area contributed by atoms with Gasteiger partial charge in [0.1, 0.15) is 5.75 Å². The SMILES string of the molecule is Cc1cc2c3c(c(C)cc(C)c3n1)Nc1cc(C(C)(C)C)cc(C(C)(C)C)c1O2. The molecular formula is C26H32N2O. The molecule has 0 unspecified atom stereocenters. The Labute approximate surface area is 174 Å². The molecule has 29 heavy (non-hydrogen) atoms. The van der Waals surface area contributed by atoms with Gasteiger partial charge in [-0.05, 0) is 54.4 Å². The maximum absolute atomic E-state index is 6.69. The van der Waals surface area contributed by atoms with E-state index in [9.17, 15) is 0 Å². The number of benzene rings is 2. The van der Waals surface area contributed by atoms with Gasteiger partial charge in [-0.3, -0.25) is 4.98 Å². The smallest absolute Gasteiger partial charge is 0.154 e. The van der Waals surface area contributed by atoms with Crippen molar-refractivity contribution in [2.24, 2.45) is 0 Å². The number of pyridine rings is 1. The van der Waals surface area contributed by atoms with Gasteiger partial charge in [0.25, 0.3) is 0 Å². The van der Waals surface area contributed by atoms with Crippen LogP contribution in [0.1, 0.15) is 69.5 Å². The van der Waals surface area contributed by atoms with E-state index in [0.29, 0.717) is 0 Å². The predicted molar refractivity (Wildman–Crippen MR) is 123 cm³/mol. The van der Waals surface area contributed by atoms with E-state index in [4.69, 9.17) is 9.72 Å². The van der Waals surface area contributed by atoms with Gasteiger partial charge in [0.05, 0.1) is 22.3 Å². The van der Waals surface area contributed by atoms with Crippen molar-refractivity contribution in [2.75, 3.05) is 5.32 Å². The number of ether oxygens (including phenoxy) is 1. The first-order chi connectivity index (χ1) is 13.4. The lowest BCUT2D eigenvalue weighted by molar-refractivity contribution is 0.460. The van der Waals surface area contributed by atoms with Crippen LogP contribution in [-0.4, -0.2) is 4.98 Å². The Morgan fingerprint density at radius 1 is 0.828 bits per heavy atom. The molecule has 3 heteroatoms. The van der Waals surface area contributed by atoms with Crippen LogP contribution in [-0.2, 0) is 10.8 Å². The summed E-state index contributed by atoms with van der Waals surface area (Å²) in [6, 6.07) is 8.84. The van der Waals surface area contributed by atoms with E-state index in [2.05, 4.69) is 85.0 Å². The van der Waals surface area contributed by atoms with E-state index in [0.717, 1.165) is 39.5 Å². The van der Waals surface area contributed by atoms with Crippen LogP contribution in [0.3, 0.4) is 0 Å². The van der Waals surface area contributed by atoms with Gasteiger partial charge in [-0.15, -0.1) is 0 Å². The molecular weight excluding hydrogens is 356 g/mol. The van der Waals surface area contributed by atoms with E-state index in [1.165, 1.54) is 22.3 Å². The van der Waals surface area contributed by atoms with E-state index in [-0.39, 0.29) is 10.8 Å². The molecule has 0 atom stereocenters. The Kier molecular flexibility index (Phi) is 4.24. The zero-order valence-electron chi connectivity index (χ0n) is 19.2. The Bertz CT molecular complexity index is 1140. The molecule has 1 aromatic heterocycles. The van der Waals surface area contributed by atoms with Crippen LogP contribution < -0.4 is 10.1 Å². The summed E-state index contributed by atoms with van der Waals surface area (Å²) in [6.45, 7) is 19.8. The number of nitrogens with one attached hydrogen (secondary N) is 1. The van der Waals surface area contributed by atoms with E-state index in [1.54, 1.807) is 0 Å². The van der Waals surface area contributed by atoms with Crippen molar-refractivity contribution < 1.29 is 4.74 Å². The molecule has 152 valence electrons. The lowest BCUT2D eigenvalue weighted by Gasteiger charge is -2.28. The lowest BCUT2D eigenvalue weighted by atomic mass is 9.79. The number of rotatable bonds is 0. The average molecular weight is 389 g/mol. The number of anilines is 2. The molecule has 2 heterocycles. The van der Waals surface area contributed by atoms with Crippen LogP contribution in [0.5, 0.6) is 11.5 Å². The highest BCUT2D eigenvalue weighted by Gasteiger charge is 2.29. The normalized spacial score (nSPS) is 13.6. The molecule has 1 N–H and O–H groups in total. The largest absolute Gasteiger partial charge is 0.454 e. The number of nitrogens with zero attached hydrogens (tertiary/aromatic N) is 1. The van der Waals surface area contributed by atoms with Crippen LogP contribution in [0.4, 0.5) is 11.4 Å². The van der Waals surface area contributed by atoms with Crippen LogP contribution in [0.2, 0.25) is 0 Å². The van der Waals surface area contributed by atoms with Crippen molar-refractivity contribution in [1.82, 2.24) is 4.98 Å². The molecule has 0 aliphatic carbocycles. The monoisotopic (exact) mass is 388 g/mol.